The highest BCUT2D eigenvalue weighted by Gasteiger charge is 2.37. The van der Waals surface area contributed by atoms with E-state index in [9.17, 15) is 29.4 Å². The Morgan fingerprint density at radius 2 is 1.61 bits per heavy atom. The van der Waals surface area contributed by atoms with E-state index in [4.69, 9.17) is 14.2 Å². The van der Waals surface area contributed by atoms with E-state index in [1.807, 2.05) is 66.7 Å². The molecule has 348 valence electrons. The molecule has 4 aliphatic rings. The number of nitrogens with one attached hydrogen (secondary N) is 4. The SMILES string of the molecule is O=C(NC(c1ccccc1)c1cccc(OCc2ccc(C(=O)NC[C@H]3CC[C@H](C(=O)OCCCCNC[C@H](O)c4ccc(O)c5[nH]c(=O)ccc45)CC3)cc2)c1)O[C@H]1CN2CCC1CC2. The van der Waals surface area contributed by atoms with Gasteiger partial charge < -0.3 is 45.4 Å². The van der Waals surface area contributed by atoms with Gasteiger partial charge in [-0.2, -0.15) is 0 Å². The number of aromatic hydroxyl groups is 1. The second-order valence-corrected chi connectivity index (χ2v) is 17.9. The van der Waals surface area contributed by atoms with Crippen molar-refractivity contribution in [1.29, 1.82) is 0 Å². The van der Waals surface area contributed by atoms with E-state index in [2.05, 4.69) is 25.8 Å². The van der Waals surface area contributed by atoms with Gasteiger partial charge in [-0.25, -0.2) is 4.79 Å². The fraction of sp³-hybridized carbons (Fsp3) is 0.423. The molecule has 0 radical (unpaired) electrons. The maximum atomic E-state index is 13.3. The van der Waals surface area contributed by atoms with Gasteiger partial charge in [-0.15, -0.1) is 0 Å². The number of benzene rings is 4. The van der Waals surface area contributed by atoms with Gasteiger partial charge in [0.05, 0.1) is 30.2 Å². The first-order valence-corrected chi connectivity index (χ1v) is 23.4. The molecule has 3 atom stereocenters. The predicted octanol–water partition coefficient (Wildman–Crippen LogP) is 6.91. The topological polar surface area (TPSA) is 192 Å². The smallest absolute Gasteiger partial charge is 0.408 e. The Labute approximate surface area is 385 Å². The van der Waals surface area contributed by atoms with Crippen molar-refractivity contribution in [2.24, 2.45) is 17.8 Å². The average Bonchev–Trinajstić information content (AvgIpc) is 3.35. The summed E-state index contributed by atoms with van der Waals surface area (Å²) in [6, 6.07) is 30.6. The number of aromatic amines is 1. The summed E-state index contributed by atoms with van der Waals surface area (Å²) in [6.07, 6.45) is 5.37. The quantitative estimate of drug-likeness (QED) is 0.0373. The monoisotopic (exact) mass is 899 g/mol. The number of aliphatic hydroxyl groups is 1. The molecule has 6 N–H and O–H groups in total. The summed E-state index contributed by atoms with van der Waals surface area (Å²) in [6.45, 7) is 5.05. The van der Waals surface area contributed by atoms with Crippen LogP contribution >= 0.6 is 0 Å². The number of hydrogen-bond donors (Lipinski definition) is 6. The van der Waals surface area contributed by atoms with E-state index < -0.39 is 18.2 Å². The fourth-order valence-electron chi connectivity index (χ4n) is 9.52. The van der Waals surface area contributed by atoms with Crippen LogP contribution in [0.3, 0.4) is 0 Å². The van der Waals surface area contributed by atoms with Crippen molar-refractivity contribution in [1.82, 2.24) is 25.8 Å². The molecule has 14 heteroatoms. The number of nitrogens with zero attached hydrogens (tertiary/aromatic N) is 1. The van der Waals surface area contributed by atoms with Gasteiger partial charge in [-0.1, -0.05) is 60.7 Å². The molecule has 66 heavy (non-hydrogen) atoms. The minimum Gasteiger partial charge on any atom is -0.506 e. The molecule has 1 unspecified atom stereocenters. The number of aromatic nitrogens is 1. The van der Waals surface area contributed by atoms with Crippen molar-refractivity contribution >= 4 is 28.9 Å². The third-order valence-corrected chi connectivity index (χ3v) is 13.4. The van der Waals surface area contributed by atoms with Gasteiger partial charge in [0.2, 0.25) is 5.56 Å². The molecular formula is C52H61N5O9. The summed E-state index contributed by atoms with van der Waals surface area (Å²) in [4.78, 5) is 55.8. The number of esters is 1. The molecule has 4 fully saturated rings. The molecule has 1 aromatic heterocycles. The number of carbonyl (C=O) groups is 3. The Morgan fingerprint density at radius 1 is 0.833 bits per heavy atom. The lowest BCUT2D eigenvalue weighted by molar-refractivity contribution is -0.150. The predicted molar refractivity (Wildman–Crippen MR) is 250 cm³/mol. The molecule has 4 heterocycles. The highest BCUT2D eigenvalue weighted by Crippen LogP contribution is 2.32. The van der Waals surface area contributed by atoms with Crippen molar-refractivity contribution < 1.29 is 38.8 Å². The van der Waals surface area contributed by atoms with Gasteiger partial charge in [0.1, 0.15) is 24.2 Å². The Hall–Kier alpha value is -6.22. The third kappa shape index (κ3) is 12.2. The second kappa shape index (κ2) is 22.3. The molecule has 0 spiro atoms. The minimum absolute atomic E-state index is 0.0514. The Balaban J connectivity index is 0.712. The van der Waals surface area contributed by atoms with Crippen molar-refractivity contribution in [2.45, 2.75) is 76.2 Å². The van der Waals surface area contributed by atoms with Crippen LogP contribution in [-0.4, -0.2) is 90.0 Å². The first kappa shape index (κ1) is 46.3. The first-order valence-electron chi connectivity index (χ1n) is 23.4. The zero-order valence-corrected chi connectivity index (χ0v) is 37.3. The number of pyridine rings is 1. The van der Waals surface area contributed by atoms with Gasteiger partial charge in [0, 0.05) is 36.7 Å². The number of piperidine rings is 3. The number of fused-ring (bicyclic) bond motifs is 4. The number of carbonyl (C=O) groups excluding carboxylic acids is 3. The number of phenols is 1. The van der Waals surface area contributed by atoms with Crippen LogP contribution in [0.15, 0.2) is 108 Å². The number of phenolic OH excluding ortho intramolecular Hbond substituents is 1. The standard InChI is InChI=1S/C52H61N5O9/c58-44-21-19-42(43-20-22-47(60)55-49(43)44)45(59)31-53-25-4-5-28-64-51(62)39-17-11-34(12-18-39)30-54-50(61)38-15-13-35(14-16-38)33-65-41-10-6-9-40(29-41)48(37-7-2-1-3-8-37)56-52(63)66-46-32-57-26-23-36(46)24-27-57/h1-3,6-10,13-16,19-22,29,34,36,39,45-46,48,53,58-59H,4-5,11-12,17-18,23-28,30-33H2,(H,54,61)(H,55,60)(H,56,63)/t34-,39-,45-,46-,48?/m0/s1. The van der Waals surface area contributed by atoms with E-state index in [0.29, 0.717) is 73.0 Å². The highest BCUT2D eigenvalue weighted by atomic mass is 16.6. The molecule has 5 aromatic rings. The fourth-order valence-corrected chi connectivity index (χ4v) is 9.52. The van der Waals surface area contributed by atoms with Crippen LogP contribution in [0.5, 0.6) is 11.5 Å². The van der Waals surface area contributed by atoms with Crippen LogP contribution in [0.4, 0.5) is 4.79 Å². The second-order valence-electron chi connectivity index (χ2n) is 17.9. The molecule has 2 amide bonds. The normalized spacial score (nSPS) is 21.1. The number of alkyl carbamates (subject to hydrolysis) is 1. The number of hydrogen-bond acceptors (Lipinski definition) is 11. The summed E-state index contributed by atoms with van der Waals surface area (Å²) >= 11 is 0. The zero-order valence-electron chi connectivity index (χ0n) is 37.3. The lowest BCUT2D eigenvalue weighted by Crippen LogP contribution is -2.52. The summed E-state index contributed by atoms with van der Waals surface area (Å²) in [5, 5.41) is 30.8. The van der Waals surface area contributed by atoms with Crippen molar-refractivity contribution in [3.63, 3.8) is 0 Å². The summed E-state index contributed by atoms with van der Waals surface area (Å²) in [5.74, 6) is 0.873. The Morgan fingerprint density at radius 3 is 2.36 bits per heavy atom. The van der Waals surface area contributed by atoms with Gasteiger partial charge in [-0.05, 0) is 141 Å². The van der Waals surface area contributed by atoms with Gasteiger partial charge in [0.15, 0.2) is 0 Å². The third-order valence-electron chi connectivity index (χ3n) is 13.4. The average molecular weight is 900 g/mol. The number of aliphatic hydroxyl groups excluding tert-OH is 1. The van der Waals surface area contributed by atoms with E-state index in [1.54, 1.807) is 24.3 Å². The number of unbranched alkanes of at least 4 members (excludes halogenated alkanes) is 1. The van der Waals surface area contributed by atoms with E-state index in [-0.39, 0.29) is 41.1 Å². The molecule has 3 saturated heterocycles. The highest BCUT2D eigenvalue weighted by molar-refractivity contribution is 5.94. The number of rotatable bonds is 19. The Kier molecular flexibility index (Phi) is 15.7. The summed E-state index contributed by atoms with van der Waals surface area (Å²) in [5.41, 5.74) is 3.87. The summed E-state index contributed by atoms with van der Waals surface area (Å²) < 4.78 is 17.8. The molecule has 9 rings (SSSR count). The molecule has 1 aliphatic carbocycles. The van der Waals surface area contributed by atoms with Gasteiger partial charge in [-0.3, -0.25) is 19.3 Å². The van der Waals surface area contributed by atoms with Gasteiger partial charge >= 0.3 is 12.1 Å². The van der Waals surface area contributed by atoms with Crippen LogP contribution in [0.1, 0.15) is 96.1 Å². The summed E-state index contributed by atoms with van der Waals surface area (Å²) in [7, 11) is 0. The van der Waals surface area contributed by atoms with Crippen molar-refractivity contribution in [2.75, 3.05) is 45.9 Å². The van der Waals surface area contributed by atoms with Crippen LogP contribution in [-0.2, 0) is 20.9 Å². The van der Waals surface area contributed by atoms with E-state index in [1.165, 1.54) is 12.1 Å². The molecule has 2 bridgehead atoms. The number of ether oxygens (including phenoxy) is 3. The van der Waals surface area contributed by atoms with Crippen LogP contribution < -0.4 is 26.2 Å². The first-order chi connectivity index (χ1) is 32.2. The largest absolute Gasteiger partial charge is 0.506 e. The maximum Gasteiger partial charge on any atom is 0.408 e. The number of H-pyrrole nitrogens is 1. The lowest BCUT2D eigenvalue weighted by atomic mass is 9.82. The molecule has 1 saturated carbocycles. The minimum atomic E-state index is -0.834. The van der Waals surface area contributed by atoms with Crippen LogP contribution in [0.25, 0.3) is 10.9 Å². The number of amides is 2. The molecule has 4 aromatic carbocycles. The zero-order chi connectivity index (χ0) is 45.8. The Bertz CT molecular complexity index is 2460. The van der Waals surface area contributed by atoms with Crippen LogP contribution in [0.2, 0.25) is 0 Å². The molecule has 14 nitrogen and oxygen atoms in total. The molecular weight excluding hydrogens is 839 g/mol. The molecule has 3 aliphatic heterocycles. The van der Waals surface area contributed by atoms with Gasteiger partial charge in [0.25, 0.3) is 5.91 Å². The van der Waals surface area contributed by atoms with E-state index >= 15 is 0 Å². The van der Waals surface area contributed by atoms with Crippen molar-refractivity contribution in [3.8, 4) is 11.5 Å². The van der Waals surface area contributed by atoms with Crippen molar-refractivity contribution in [3.05, 3.63) is 141 Å². The van der Waals surface area contributed by atoms with Crippen LogP contribution in [0, 0.1) is 17.8 Å². The van der Waals surface area contributed by atoms with E-state index in [0.717, 1.165) is 81.3 Å². The lowest BCUT2D eigenvalue weighted by Gasteiger charge is -2.43. The maximum absolute atomic E-state index is 13.3.